The lowest BCUT2D eigenvalue weighted by Gasteiger charge is -2.02. The summed E-state index contributed by atoms with van der Waals surface area (Å²) in [6.07, 6.45) is 0. The molecule has 1 rings (SSSR count). The number of aromatic carboxylic acids is 1. The molecule has 0 radical (unpaired) electrons. The first kappa shape index (κ1) is 17.8. The Morgan fingerprint density at radius 3 is 2.48 bits per heavy atom. The number of aliphatic hydroxyl groups excluding tert-OH is 1. The van der Waals surface area contributed by atoms with Crippen LogP contribution in [0.5, 0.6) is 0 Å². The molecule has 122 valence electrons. The van der Waals surface area contributed by atoms with Crippen molar-refractivity contribution in [2.45, 2.75) is 13.8 Å². The van der Waals surface area contributed by atoms with E-state index in [9.17, 15) is 24.8 Å². The number of esters is 1. The fourth-order valence-corrected chi connectivity index (χ4v) is 1.45. The number of nitro benzene ring substituents is 1. The maximum absolute atomic E-state index is 11.6. The highest BCUT2D eigenvalue weighted by Gasteiger charge is 2.19. The van der Waals surface area contributed by atoms with Crippen molar-refractivity contribution >= 4 is 23.3 Å². The zero-order valence-electron chi connectivity index (χ0n) is 12.2. The second kappa shape index (κ2) is 7.64. The largest absolute Gasteiger partial charge is 0.510 e. The fraction of sp³-hybridized carbons (Fsp3) is 0.231. The summed E-state index contributed by atoms with van der Waals surface area (Å²) < 4.78 is 4.66. The molecule has 0 aromatic heterocycles. The Kier molecular flexibility index (Phi) is 5.89. The van der Waals surface area contributed by atoms with Crippen LogP contribution in [0, 0.1) is 10.1 Å². The standard InChI is InChI=1S/C13H13N3O7/c1-3-23-13(20)11(7(2)17)15-14-9-5-4-8(12(18)19)6-10(9)16(21)22/h4-6,17H,3H2,1-2H3,(H,18,19)/b11-7-,15-14?. The molecule has 10 heteroatoms. The van der Waals surface area contributed by atoms with Gasteiger partial charge in [-0.25, -0.2) is 9.59 Å². The van der Waals surface area contributed by atoms with Crippen LogP contribution in [0.4, 0.5) is 11.4 Å². The van der Waals surface area contributed by atoms with Crippen molar-refractivity contribution < 1.29 is 29.5 Å². The van der Waals surface area contributed by atoms with Crippen molar-refractivity contribution in [2.75, 3.05) is 6.61 Å². The van der Waals surface area contributed by atoms with Crippen LogP contribution in [0.1, 0.15) is 24.2 Å². The van der Waals surface area contributed by atoms with Crippen molar-refractivity contribution in [1.29, 1.82) is 0 Å². The molecule has 1 aromatic rings. The molecule has 0 heterocycles. The summed E-state index contributed by atoms with van der Waals surface area (Å²) in [4.78, 5) is 32.5. The SMILES string of the molecule is CCOC(=O)/C(N=Nc1ccc(C(=O)O)cc1[N+](=O)[O-])=C(\C)O. The Balaban J connectivity index is 3.26. The number of allylic oxidation sites excluding steroid dienone is 1. The minimum absolute atomic E-state index is 0.0403. The molecule has 2 N–H and O–H groups in total. The molecule has 0 aliphatic heterocycles. The van der Waals surface area contributed by atoms with Crippen LogP contribution in [-0.4, -0.2) is 33.7 Å². The van der Waals surface area contributed by atoms with Crippen LogP contribution >= 0.6 is 0 Å². The topological polar surface area (TPSA) is 152 Å². The Morgan fingerprint density at radius 1 is 1.35 bits per heavy atom. The molecule has 0 unspecified atom stereocenters. The predicted molar refractivity (Wildman–Crippen MR) is 76.5 cm³/mol. The Labute approximate surface area is 129 Å². The van der Waals surface area contributed by atoms with E-state index in [1.165, 1.54) is 6.92 Å². The van der Waals surface area contributed by atoms with E-state index in [-0.39, 0.29) is 17.9 Å². The first-order valence-corrected chi connectivity index (χ1v) is 6.28. The number of nitrogens with zero attached hydrogens (tertiary/aromatic N) is 3. The van der Waals surface area contributed by atoms with Crippen LogP contribution in [0.25, 0.3) is 0 Å². The first-order valence-electron chi connectivity index (χ1n) is 6.28. The molecule has 0 fully saturated rings. The second-order valence-corrected chi connectivity index (χ2v) is 4.12. The van der Waals surface area contributed by atoms with Gasteiger partial charge in [-0.1, -0.05) is 0 Å². The van der Waals surface area contributed by atoms with Crippen molar-refractivity contribution in [3.63, 3.8) is 0 Å². The average molecular weight is 323 g/mol. The number of aliphatic hydroxyl groups is 1. The van der Waals surface area contributed by atoms with Gasteiger partial charge in [-0.05, 0) is 26.0 Å². The number of benzene rings is 1. The monoisotopic (exact) mass is 323 g/mol. The van der Waals surface area contributed by atoms with Crippen LogP contribution in [0.15, 0.2) is 39.9 Å². The number of rotatable bonds is 6. The number of carboxylic acid groups (broad SMARTS) is 1. The van der Waals surface area contributed by atoms with E-state index in [1.54, 1.807) is 6.92 Å². The van der Waals surface area contributed by atoms with E-state index in [1.807, 2.05) is 0 Å². The van der Waals surface area contributed by atoms with Gasteiger partial charge >= 0.3 is 11.9 Å². The Morgan fingerprint density at radius 2 is 2.00 bits per heavy atom. The smallest absolute Gasteiger partial charge is 0.362 e. The lowest BCUT2D eigenvalue weighted by Crippen LogP contribution is -2.07. The van der Waals surface area contributed by atoms with Gasteiger partial charge < -0.3 is 14.9 Å². The van der Waals surface area contributed by atoms with Gasteiger partial charge in [0.15, 0.2) is 5.69 Å². The molecule has 0 amide bonds. The van der Waals surface area contributed by atoms with Crippen molar-refractivity contribution in [3.05, 3.63) is 45.3 Å². The minimum atomic E-state index is -1.34. The molecule has 23 heavy (non-hydrogen) atoms. The molecule has 0 saturated heterocycles. The van der Waals surface area contributed by atoms with Gasteiger partial charge in [-0.15, -0.1) is 10.2 Å². The minimum Gasteiger partial charge on any atom is -0.510 e. The molecule has 10 nitrogen and oxygen atoms in total. The molecular formula is C13H13N3O7. The number of hydrogen-bond donors (Lipinski definition) is 2. The number of hydrogen-bond acceptors (Lipinski definition) is 8. The zero-order valence-corrected chi connectivity index (χ0v) is 12.2. The summed E-state index contributed by atoms with van der Waals surface area (Å²) >= 11 is 0. The highest BCUT2D eigenvalue weighted by atomic mass is 16.6. The van der Waals surface area contributed by atoms with E-state index in [0.29, 0.717) is 0 Å². The summed E-state index contributed by atoms with van der Waals surface area (Å²) in [5.74, 6) is -2.76. The van der Waals surface area contributed by atoms with Gasteiger partial charge in [-0.3, -0.25) is 10.1 Å². The maximum atomic E-state index is 11.6. The van der Waals surface area contributed by atoms with E-state index in [4.69, 9.17) is 5.11 Å². The molecule has 0 aliphatic carbocycles. The summed E-state index contributed by atoms with van der Waals surface area (Å²) in [5.41, 5.74) is -1.69. The molecule has 0 spiro atoms. The molecule has 0 saturated carbocycles. The third-order valence-corrected chi connectivity index (χ3v) is 2.49. The molecule has 0 atom stereocenters. The Hall–Kier alpha value is -3.30. The fourth-order valence-electron chi connectivity index (χ4n) is 1.45. The quantitative estimate of drug-likeness (QED) is 0.204. The number of carboxylic acids is 1. The summed E-state index contributed by atoms with van der Waals surface area (Å²) in [7, 11) is 0. The third-order valence-electron chi connectivity index (χ3n) is 2.49. The number of azo groups is 1. The zero-order chi connectivity index (χ0) is 17.6. The summed E-state index contributed by atoms with van der Waals surface area (Å²) in [6, 6.07) is 2.99. The number of carbonyl (C=O) groups excluding carboxylic acids is 1. The first-order chi connectivity index (χ1) is 10.8. The van der Waals surface area contributed by atoms with E-state index >= 15 is 0 Å². The highest BCUT2D eigenvalue weighted by molar-refractivity contribution is 5.90. The second-order valence-electron chi connectivity index (χ2n) is 4.12. The van der Waals surface area contributed by atoms with Crippen molar-refractivity contribution in [2.24, 2.45) is 10.2 Å². The molecule has 0 aliphatic rings. The normalized spacial score (nSPS) is 11.9. The summed E-state index contributed by atoms with van der Waals surface area (Å²) in [5, 5.41) is 36.2. The van der Waals surface area contributed by atoms with Gasteiger partial charge in [0.2, 0.25) is 5.70 Å². The van der Waals surface area contributed by atoms with E-state index < -0.39 is 34.0 Å². The van der Waals surface area contributed by atoms with Gasteiger partial charge in [0.1, 0.15) is 5.76 Å². The van der Waals surface area contributed by atoms with Gasteiger partial charge in [0, 0.05) is 6.07 Å². The summed E-state index contributed by atoms with van der Waals surface area (Å²) in [6.45, 7) is 2.76. The predicted octanol–water partition coefficient (Wildman–Crippen LogP) is 2.73. The number of ether oxygens (including phenoxy) is 1. The molecule has 1 aromatic carbocycles. The van der Waals surface area contributed by atoms with Gasteiger partial charge in [-0.2, -0.15) is 0 Å². The molecular weight excluding hydrogens is 310 g/mol. The lowest BCUT2D eigenvalue weighted by molar-refractivity contribution is -0.384. The van der Waals surface area contributed by atoms with Gasteiger partial charge in [0.05, 0.1) is 17.1 Å². The average Bonchev–Trinajstić information content (AvgIpc) is 2.47. The molecule has 0 bridgehead atoms. The highest BCUT2D eigenvalue weighted by Crippen LogP contribution is 2.29. The van der Waals surface area contributed by atoms with Crippen LogP contribution in [0.3, 0.4) is 0 Å². The van der Waals surface area contributed by atoms with E-state index in [2.05, 4.69) is 15.0 Å². The van der Waals surface area contributed by atoms with Crippen molar-refractivity contribution in [1.82, 2.24) is 0 Å². The maximum Gasteiger partial charge on any atom is 0.362 e. The Bertz CT molecular complexity index is 706. The van der Waals surface area contributed by atoms with Crippen LogP contribution in [0.2, 0.25) is 0 Å². The van der Waals surface area contributed by atoms with E-state index in [0.717, 1.165) is 18.2 Å². The van der Waals surface area contributed by atoms with Crippen LogP contribution < -0.4 is 0 Å². The number of carbonyl (C=O) groups is 2. The third kappa shape index (κ3) is 4.59. The number of nitro groups is 1. The van der Waals surface area contributed by atoms with Gasteiger partial charge in [0.25, 0.3) is 5.69 Å². The lowest BCUT2D eigenvalue weighted by atomic mass is 10.2. The van der Waals surface area contributed by atoms with Crippen molar-refractivity contribution in [3.8, 4) is 0 Å². The van der Waals surface area contributed by atoms with Crippen LogP contribution in [-0.2, 0) is 9.53 Å².